The van der Waals surface area contributed by atoms with E-state index in [0.29, 0.717) is 36.2 Å². The van der Waals surface area contributed by atoms with Crippen molar-refractivity contribution in [1.29, 1.82) is 5.26 Å². The summed E-state index contributed by atoms with van der Waals surface area (Å²) in [7, 11) is 0. The molecule has 1 saturated heterocycles. The Bertz CT molecular complexity index is 1430. The lowest BCUT2D eigenvalue weighted by Crippen LogP contribution is -2.35. The van der Waals surface area contributed by atoms with Crippen molar-refractivity contribution in [2.24, 2.45) is 28.4 Å². The molecule has 41 heavy (non-hydrogen) atoms. The van der Waals surface area contributed by atoms with Gasteiger partial charge >= 0.3 is 12.1 Å². The van der Waals surface area contributed by atoms with Gasteiger partial charge in [-0.15, -0.1) is 0 Å². The van der Waals surface area contributed by atoms with Crippen LogP contribution in [0.1, 0.15) is 46.6 Å². The summed E-state index contributed by atoms with van der Waals surface area (Å²) in [6.45, 7) is 13.1. The number of pyridine rings is 1. The number of aromatic nitrogens is 3. The number of carbonyl (C=O) groups excluding carboxylic acids is 3. The molecule has 2 fully saturated rings. The molecule has 0 spiro atoms. The molecule has 1 aliphatic carbocycles. The third-order valence-electron chi connectivity index (χ3n) is 7.36. The zero-order chi connectivity index (χ0) is 30.8. The second kappa shape index (κ2) is 11.8. The summed E-state index contributed by atoms with van der Waals surface area (Å²) in [5.41, 5.74) is 6.65. The number of carbonyl (C=O) groups is 3. The Kier molecular flexibility index (Phi) is 9.00. The van der Waals surface area contributed by atoms with Crippen molar-refractivity contribution >= 4 is 34.7 Å². The van der Waals surface area contributed by atoms with Crippen molar-refractivity contribution in [3.63, 3.8) is 0 Å². The number of hydrogen-bond donors (Lipinski definition) is 2. The number of rotatable bonds is 5. The van der Waals surface area contributed by atoms with Crippen LogP contribution in [0.25, 0.3) is 16.5 Å². The van der Waals surface area contributed by atoms with E-state index in [1.807, 2.05) is 12.1 Å². The largest absolute Gasteiger partial charge is 0.470 e. The molecule has 1 saturated carbocycles. The van der Waals surface area contributed by atoms with Gasteiger partial charge in [0.2, 0.25) is 12.3 Å². The van der Waals surface area contributed by atoms with Gasteiger partial charge in [0.05, 0.1) is 18.5 Å². The van der Waals surface area contributed by atoms with Gasteiger partial charge in [0, 0.05) is 43.1 Å². The molecule has 1 aliphatic heterocycles. The summed E-state index contributed by atoms with van der Waals surface area (Å²) in [6, 6.07) is 3.28. The fraction of sp³-hybridized carbons (Fsp3) is 0.556. The third-order valence-corrected chi connectivity index (χ3v) is 7.36. The zero-order valence-corrected chi connectivity index (χ0v) is 23.5. The van der Waals surface area contributed by atoms with Crippen molar-refractivity contribution in [2.45, 2.75) is 59.7 Å². The Morgan fingerprint density at radius 2 is 1.88 bits per heavy atom. The molecule has 3 atom stereocenters. The van der Waals surface area contributed by atoms with Crippen LogP contribution in [0, 0.1) is 34.0 Å². The molecule has 1 unspecified atom stereocenters. The van der Waals surface area contributed by atoms with Crippen molar-refractivity contribution in [3.8, 4) is 6.07 Å². The Morgan fingerprint density at radius 3 is 2.39 bits per heavy atom. The lowest BCUT2D eigenvalue weighted by molar-refractivity contribution is -0.169. The highest BCUT2D eigenvalue weighted by Crippen LogP contribution is 2.62. The van der Waals surface area contributed by atoms with Crippen LogP contribution in [0.2, 0.25) is 0 Å². The molecule has 0 radical (unpaired) electrons. The van der Waals surface area contributed by atoms with Crippen LogP contribution in [0.4, 0.5) is 13.2 Å². The molecular weight excluding hydrogens is 543 g/mol. The Morgan fingerprint density at radius 1 is 1.27 bits per heavy atom. The number of piperidine rings is 1. The van der Waals surface area contributed by atoms with E-state index in [4.69, 9.17) is 14.6 Å². The number of nitrogens with two attached hydrogens (primary N) is 1. The number of amides is 3. The number of halogens is 3. The highest BCUT2D eigenvalue weighted by molar-refractivity contribution is 5.91. The van der Waals surface area contributed by atoms with Gasteiger partial charge in [-0.3, -0.25) is 14.4 Å². The third kappa shape index (κ3) is 7.53. The maximum absolute atomic E-state index is 12.0. The molecule has 5 rings (SSSR count). The second-order valence-corrected chi connectivity index (χ2v) is 12.0. The van der Waals surface area contributed by atoms with Gasteiger partial charge in [-0.25, -0.2) is 4.52 Å². The molecular formula is C27H34F3N7O4. The summed E-state index contributed by atoms with van der Waals surface area (Å²) in [5, 5.41) is 20.2. The summed E-state index contributed by atoms with van der Waals surface area (Å²) in [4.78, 5) is 33.6. The van der Waals surface area contributed by atoms with Crippen molar-refractivity contribution in [1.82, 2.24) is 25.0 Å². The maximum atomic E-state index is 12.0. The lowest BCUT2D eigenvalue weighted by Gasteiger charge is -2.26. The van der Waals surface area contributed by atoms with Gasteiger partial charge in [0.1, 0.15) is 11.6 Å². The molecule has 0 bridgehead atoms. The van der Waals surface area contributed by atoms with E-state index in [-0.39, 0.29) is 5.41 Å². The van der Waals surface area contributed by atoms with Crippen LogP contribution in [-0.4, -0.2) is 63.2 Å². The predicted octanol–water partition coefficient (Wildman–Crippen LogP) is 3.23. The van der Waals surface area contributed by atoms with E-state index in [2.05, 4.69) is 60.8 Å². The summed E-state index contributed by atoms with van der Waals surface area (Å²) in [5.74, 6) is -0.346. The van der Waals surface area contributed by atoms with E-state index in [1.165, 1.54) is 0 Å². The molecule has 4 heterocycles. The van der Waals surface area contributed by atoms with Crippen molar-refractivity contribution in [2.75, 3.05) is 13.1 Å². The minimum Gasteiger partial charge on any atom is -0.362 e. The van der Waals surface area contributed by atoms with Gasteiger partial charge < -0.3 is 20.5 Å². The van der Waals surface area contributed by atoms with E-state index < -0.39 is 18.1 Å². The predicted molar refractivity (Wildman–Crippen MR) is 142 cm³/mol. The van der Waals surface area contributed by atoms with Gasteiger partial charge in [-0.2, -0.15) is 23.5 Å². The topological polar surface area (TPSA) is 160 Å². The van der Waals surface area contributed by atoms with Crippen LogP contribution in [0.3, 0.4) is 0 Å². The second-order valence-electron chi connectivity index (χ2n) is 12.0. The summed E-state index contributed by atoms with van der Waals surface area (Å²) in [6.07, 6.45) is 1.79. The maximum Gasteiger partial charge on any atom is 0.470 e. The number of fused-ring (bicyclic) bond motifs is 4. The first-order valence-corrected chi connectivity index (χ1v) is 12.9. The number of hydrogen-bond acceptors (Lipinski definition) is 7. The lowest BCUT2D eigenvalue weighted by atomic mass is 9.91. The van der Waals surface area contributed by atoms with Crippen molar-refractivity contribution in [3.05, 3.63) is 30.2 Å². The van der Waals surface area contributed by atoms with Gasteiger partial charge in [-0.05, 0) is 28.7 Å². The smallest absolute Gasteiger partial charge is 0.362 e. The first-order valence-electron chi connectivity index (χ1n) is 12.9. The van der Waals surface area contributed by atoms with Gasteiger partial charge in [-0.1, -0.05) is 39.8 Å². The van der Waals surface area contributed by atoms with Gasteiger partial charge in [0.25, 0.3) is 0 Å². The van der Waals surface area contributed by atoms with E-state index in [0.717, 1.165) is 41.4 Å². The average molecular weight is 578 g/mol. The Hall–Kier alpha value is -4.15. The van der Waals surface area contributed by atoms with Crippen LogP contribution in [-0.2, 0) is 20.8 Å². The van der Waals surface area contributed by atoms with Crippen LogP contribution < -0.4 is 11.1 Å². The van der Waals surface area contributed by atoms with Crippen molar-refractivity contribution < 1.29 is 32.1 Å². The molecule has 14 heteroatoms. The minimum absolute atomic E-state index is 0.124. The average Bonchev–Trinajstić information content (AvgIpc) is 3.43. The quantitative estimate of drug-likeness (QED) is 0.440. The highest BCUT2D eigenvalue weighted by Gasteiger charge is 2.62. The molecule has 3 aromatic heterocycles. The fourth-order valence-electron chi connectivity index (χ4n) is 4.95. The van der Waals surface area contributed by atoms with E-state index in [1.54, 1.807) is 23.1 Å². The zero-order valence-electron chi connectivity index (χ0n) is 23.5. The molecule has 3 N–H and O–H groups in total. The monoisotopic (exact) mass is 577 g/mol. The summed E-state index contributed by atoms with van der Waals surface area (Å²) >= 11 is 0. The molecule has 0 aromatic carbocycles. The standard InChI is InChI=1S/C13H23NO.C12H9N5O2.C2H2F3NO/c1-12(2,3)6-11(15)14-7-9-10(8-14)13(9,4)5;13-4-10(14-7-18)3-9-5-15-17-2-1-8-6-16-19-12(8)11(9)17;3-2(4,5)1(6)7/h9-10H,6-8H2,1-5H3;1-2,5-7,10H,3H2,(H,14,18);(H2,6,7)/t9-,10+;;. The number of nitrogens with one attached hydrogen (secondary N) is 1. The molecule has 11 nitrogen and oxygen atoms in total. The minimum atomic E-state index is -4.86. The van der Waals surface area contributed by atoms with Crippen LogP contribution >= 0.6 is 0 Å². The fourth-order valence-corrected chi connectivity index (χ4v) is 4.95. The number of likely N-dealkylation sites (tertiary alicyclic amines) is 1. The molecule has 2 aliphatic rings. The molecule has 3 aromatic rings. The molecule has 222 valence electrons. The van der Waals surface area contributed by atoms with E-state index >= 15 is 0 Å². The highest BCUT2D eigenvalue weighted by atomic mass is 19.4. The number of nitriles is 1. The van der Waals surface area contributed by atoms with Crippen LogP contribution in [0.5, 0.6) is 0 Å². The summed E-state index contributed by atoms with van der Waals surface area (Å²) < 4.78 is 39.0. The Balaban J connectivity index is 0.000000188. The number of alkyl halides is 3. The Labute approximate surface area is 234 Å². The van der Waals surface area contributed by atoms with Gasteiger partial charge in [0.15, 0.2) is 5.58 Å². The van der Waals surface area contributed by atoms with E-state index in [9.17, 15) is 22.8 Å². The van der Waals surface area contributed by atoms with Crippen LogP contribution in [0.15, 0.2) is 29.2 Å². The molecule has 3 amide bonds. The number of primary amides is 1. The first-order chi connectivity index (χ1) is 19.0. The normalized spacial score (nSPS) is 19.6. The SMILES string of the molecule is CC(C)(C)CC(=O)N1C[C@@H]2[C@H](C1)C2(C)C.N#CC(Cc1cnn2ccc3cnoc3c12)NC=O.NC(=O)C(F)(F)F. The number of nitrogens with zero attached hydrogens (tertiary/aromatic N) is 5. The first kappa shape index (κ1) is 31.4.